The number of aldehydes is 1. The van der Waals surface area contributed by atoms with Gasteiger partial charge >= 0.3 is 0 Å². The molecule has 0 saturated carbocycles. The molecule has 0 aliphatic rings. The van der Waals surface area contributed by atoms with E-state index in [1.165, 1.54) is 19.1 Å². The van der Waals surface area contributed by atoms with Crippen LogP contribution in [0.3, 0.4) is 0 Å². The summed E-state index contributed by atoms with van der Waals surface area (Å²) >= 11 is 0. The maximum absolute atomic E-state index is 8.81. The lowest BCUT2D eigenvalue weighted by atomic mass is 10.2. The highest BCUT2D eigenvalue weighted by Gasteiger charge is 2.16. The molecule has 0 aromatic carbocycles. The predicted molar refractivity (Wildman–Crippen MR) is 81.4 cm³/mol. The third kappa shape index (κ3) is 23.9. The van der Waals surface area contributed by atoms with Crippen LogP contribution in [-0.4, -0.2) is 30.4 Å². The number of carbonyl (C=O) groups excluding carboxylic acids is 1. The molecule has 0 radical (unpaired) electrons. The Morgan fingerprint density at radius 3 is 2.06 bits per heavy atom. The Morgan fingerprint density at radius 2 is 1.75 bits per heavy atom. The quantitative estimate of drug-likeness (QED) is 0.447. The van der Waals surface area contributed by atoms with Crippen LogP contribution < -0.4 is 5.32 Å². The van der Waals surface area contributed by atoms with Crippen LogP contribution in [0.15, 0.2) is 0 Å². The lowest BCUT2D eigenvalue weighted by Gasteiger charge is -2.22. The van der Waals surface area contributed by atoms with Crippen molar-refractivity contribution in [2.45, 2.75) is 52.7 Å². The zero-order chi connectivity index (χ0) is 13.4. The van der Waals surface area contributed by atoms with E-state index in [0.29, 0.717) is 4.75 Å². The largest absolute Gasteiger partial charge is 0.318 e. The summed E-state index contributed by atoms with van der Waals surface area (Å²) < 4.78 is 0.370. The lowest BCUT2D eigenvalue weighted by Crippen LogP contribution is -2.28. The summed E-state index contributed by atoms with van der Waals surface area (Å²) in [5.41, 5.74) is 0. The fraction of sp³-hybridized carbons (Fsp3) is 0.917. The van der Waals surface area contributed by atoms with Gasteiger partial charge in [-0.1, -0.05) is 42.4 Å². The van der Waals surface area contributed by atoms with Crippen molar-refractivity contribution in [1.29, 1.82) is 0 Å². The second kappa shape index (κ2) is 17.7. The highest BCUT2D eigenvalue weighted by Crippen LogP contribution is 2.35. The van der Waals surface area contributed by atoms with E-state index < -0.39 is 0 Å². The van der Waals surface area contributed by atoms with Gasteiger partial charge in [-0.15, -0.1) is 0 Å². The molecular formula is C12H29NOS2. The third-order valence-electron chi connectivity index (χ3n) is 1.17. The van der Waals surface area contributed by atoms with E-state index >= 15 is 0 Å². The molecule has 0 saturated heterocycles. The fourth-order valence-electron chi connectivity index (χ4n) is 0.740. The van der Waals surface area contributed by atoms with Crippen LogP contribution >= 0.6 is 21.6 Å². The number of hydrogen-bond acceptors (Lipinski definition) is 4. The van der Waals surface area contributed by atoms with Crippen LogP contribution in [0, 0.1) is 0 Å². The Labute approximate surface area is 110 Å². The van der Waals surface area contributed by atoms with Crippen molar-refractivity contribution in [3.05, 3.63) is 0 Å². The minimum absolute atomic E-state index is 0.370. The van der Waals surface area contributed by atoms with Crippen molar-refractivity contribution in [3.8, 4) is 0 Å². The topological polar surface area (TPSA) is 29.1 Å². The highest BCUT2D eigenvalue weighted by atomic mass is 33.1. The first-order chi connectivity index (χ1) is 7.54. The second-order valence-corrected chi connectivity index (χ2v) is 6.55. The Balaban J connectivity index is -0.000000289. The SMILES string of the molecule is CC.CC=O.CCCSSC(C)(C)CNC. The van der Waals surface area contributed by atoms with Crippen molar-refractivity contribution in [2.24, 2.45) is 0 Å². The van der Waals surface area contributed by atoms with Crippen LogP contribution in [0.2, 0.25) is 0 Å². The van der Waals surface area contributed by atoms with Gasteiger partial charge in [0.15, 0.2) is 0 Å². The van der Waals surface area contributed by atoms with Gasteiger partial charge in [0.25, 0.3) is 0 Å². The average molecular weight is 268 g/mol. The summed E-state index contributed by atoms with van der Waals surface area (Å²) in [7, 11) is 5.97. The molecule has 0 heterocycles. The third-order valence-corrected chi connectivity index (χ3v) is 4.67. The first-order valence-electron chi connectivity index (χ1n) is 5.89. The molecule has 0 fully saturated rings. The van der Waals surface area contributed by atoms with Gasteiger partial charge in [-0.3, -0.25) is 0 Å². The smallest absolute Gasteiger partial charge is 0.116 e. The van der Waals surface area contributed by atoms with Gasteiger partial charge in [-0.25, -0.2) is 0 Å². The molecule has 16 heavy (non-hydrogen) atoms. The number of carbonyl (C=O) groups is 1. The molecule has 0 aliphatic heterocycles. The second-order valence-electron chi connectivity index (χ2n) is 3.43. The minimum Gasteiger partial charge on any atom is -0.318 e. The first-order valence-corrected chi connectivity index (χ1v) is 8.21. The Morgan fingerprint density at radius 1 is 1.31 bits per heavy atom. The monoisotopic (exact) mass is 267 g/mol. The van der Waals surface area contributed by atoms with E-state index in [0.717, 1.165) is 12.8 Å². The summed E-state index contributed by atoms with van der Waals surface area (Å²) in [6, 6.07) is 0. The normalized spacial score (nSPS) is 9.44. The van der Waals surface area contributed by atoms with E-state index in [-0.39, 0.29) is 0 Å². The molecule has 0 aromatic rings. The molecule has 2 nitrogen and oxygen atoms in total. The van der Waals surface area contributed by atoms with E-state index in [1.54, 1.807) is 0 Å². The van der Waals surface area contributed by atoms with Gasteiger partial charge in [0.2, 0.25) is 0 Å². The van der Waals surface area contributed by atoms with E-state index in [9.17, 15) is 0 Å². The summed E-state index contributed by atoms with van der Waals surface area (Å²) in [6.07, 6.45) is 2.02. The molecule has 0 unspecified atom stereocenters. The summed E-state index contributed by atoms with van der Waals surface area (Å²) in [4.78, 5) is 8.81. The van der Waals surface area contributed by atoms with Crippen molar-refractivity contribution >= 4 is 27.9 Å². The number of rotatable bonds is 6. The minimum atomic E-state index is 0.370. The van der Waals surface area contributed by atoms with Gasteiger partial charge in [0, 0.05) is 17.0 Å². The Bertz CT molecular complexity index is 130. The lowest BCUT2D eigenvalue weighted by molar-refractivity contribution is -0.106. The maximum Gasteiger partial charge on any atom is 0.116 e. The van der Waals surface area contributed by atoms with E-state index in [4.69, 9.17) is 4.79 Å². The molecule has 0 aromatic heterocycles. The van der Waals surface area contributed by atoms with Crippen LogP contribution in [0.25, 0.3) is 0 Å². The van der Waals surface area contributed by atoms with Crippen molar-refractivity contribution in [1.82, 2.24) is 5.32 Å². The molecule has 0 spiro atoms. The molecule has 0 bridgehead atoms. The molecule has 0 atom stereocenters. The molecule has 0 amide bonds. The standard InChI is InChI=1S/C8H19NS2.C2H4O.C2H6/c1-5-6-10-11-8(2,3)7-9-4;1-2-3;1-2/h9H,5-7H2,1-4H3;2H,1H3;1-2H3. The first kappa shape index (κ1) is 21.6. The van der Waals surface area contributed by atoms with Crippen molar-refractivity contribution < 1.29 is 4.79 Å². The average Bonchev–Trinajstić information content (AvgIpc) is 2.22. The van der Waals surface area contributed by atoms with E-state index in [1.807, 2.05) is 42.5 Å². The molecule has 4 heteroatoms. The van der Waals surface area contributed by atoms with Crippen LogP contribution in [0.5, 0.6) is 0 Å². The summed E-state index contributed by atoms with van der Waals surface area (Å²) in [5, 5.41) is 3.20. The van der Waals surface area contributed by atoms with Crippen molar-refractivity contribution in [3.63, 3.8) is 0 Å². The summed E-state index contributed by atoms with van der Waals surface area (Å²) in [5.74, 6) is 1.26. The van der Waals surface area contributed by atoms with Crippen LogP contribution in [0.4, 0.5) is 0 Å². The zero-order valence-electron chi connectivity index (χ0n) is 11.9. The Hall–Kier alpha value is 0.330. The zero-order valence-corrected chi connectivity index (χ0v) is 13.6. The fourth-order valence-corrected chi connectivity index (χ4v) is 3.40. The molecule has 0 rings (SSSR count). The molecule has 100 valence electrons. The highest BCUT2D eigenvalue weighted by molar-refractivity contribution is 8.77. The Kier molecular flexibility index (Phi) is 23.9. The maximum atomic E-state index is 8.81. The van der Waals surface area contributed by atoms with Crippen LogP contribution in [0.1, 0.15) is 48.0 Å². The van der Waals surface area contributed by atoms with Gasteiger partial charge in [-0.05, 0) is 34.2 Å². The van der Waals surface area contributed by atoms with E-state index in [2.05, 4.69) is 26.1 Å². The number of nitrogens with one attached hydrogen (secondary N) is 1. The number of hydrogen-bond donors (Lipinski definition) is 1. The molecule has 1 N–H and O–H groups in total. The van der Waals surface area contributed by atoms with Gasteiger partial charge in [-0.2, -0.15) is 0 Å². The van der Waals surface area contributed by atoms with Gasteiger partial charge in [0.1, 0.15) is 6.29 Å². The van der Waals surface area contributed by atoms with Crippen LogP contribution in [-0.2, 0) is 4.79 Å². The van der Waals surface area contributed by atoms with Gasteiger partial charge in [0.05, 0.1) is 0 Å². The van der Waals surface area contributed by atoms with Crippen molar-refractivity contribution in [2.75, 3.05) is 19.3 Å². The van der Waals surface area contributed by atoms with Gasteiger partial charge < -0.3 is 10.1 Å². The summed E-state index contributed by atoms with van der Waals surface area (Å²) in [6.45, 7) is 13.3. The molecule has 0 aliphatic carbocycles. The molecular weight excluding hydrogens is 238 g/mol. The predicted octanol–water partition coefficient (Wildman–Crippen LogP) is 4.01.